The van der Waals surface area contributed by atoms with Crippen LogP contribution in [0.2, 0.25) is 0 Å². The Balaban J connectivity index is 2.31. The minimum absolute atomic E-state index is 1.03. The Hall–Kier alpha value is -1.30. The summed E-state index contributed by atoms with van der Waals surface area (Å²) in [6, 6.07) is 14.5. The molecule has 0 aliphatic heterocycles. The van der Waals surface area contributed by atoms with Gasteiger partial charge >= 0.3 is 0 Å². The van der Waals surface area contributed by atoms with Crippen LogP contribution in [0.1, 0.15) is 0 Å². The van der Waals surface area contributed by atoms with Crippen LogP contribution in [-0.4, -0.2) is 17.4 Å². The van der Waals surface area contributed by atoms with Crippen molar-refractivity contribution in [1.29, 1.82) is 0 Å². The molecule has 82 valence electrons. The molecule has 17 heavy (non-hydrogen) atoms. The number of hydrogen-bond donors (Lipinski definition) is 0. The number of para-hydroxylation sites is 2. The molecule has 0 fully saturated rings. The molecule has 0 amide bonds. The van der Waals surface area contributed by atoms with Gasteiger partial charge in [0.1, 0.15) is 14.2 Å². The minimum atomic E-state index is 1.03. The highest BCUT2D eigenvalue weighted by Gasteiger charge is 2.07. The number of halogens is 1. The van der Waals surface area contributed by atoms with Crippen LogP contribution in [0.3, 0.4) is 0 Å². The number of hydrogen-bond acceptors (Lipinski definition) is 1. The molecule has 0 atom stereocenters. The zero-order chi connectivity index (χ0) is 11.8. The molecule has 3 rings (SSSR count). The first-order valence-electron chi connectivity index (χ1n) is 5.45. The average Bonchev–Trinajstić information content (AvgIpc) is 2.77. The van der Waals surface area contributed by atoms with Crippen LogP contribution >= 0.6 is 22.6 Å². The molecule has 3 aromatic rings. The fourth-order valence-electron chi connectivity index (χ4n) is 2.01. The van der Waals surface area contributed by atoms with Gasteiger partial charge in [-0.1, -0.05) is 23.7 Å². The Kier molecular flexibility index (Phi) is 2.66. The molecular formula is C13H10BIN2. The molecule has 2 nitrogen and oxygen atoms in total. The molecule has 0 spiro atoms. The second kappa shape index (κ2) is 4.18. The quantitative estimate of drug-likeness (QED) is 0.492. The highest BCUT2D eigenvalue weighted by molar-refractivity contribution is 14.1. The van der Waals surface area contributed by atoms with E-state index in [1.54, 1.807) is 0 Å². The van der Waals surface area contributed by atoms with Gasteiger partial charge in [-0.25, -0.2) is 4.98 Å². The van der Waals surface area contributed by atoms with Crippen LogP contribution in [0.5, 0.6) is 0 Å². The van der Waals surface area contributed by atoms with Crippen LogP contribution < -0.4 is 5.46 Å². The topological polar surface area (TPSA) is 17.8 Å². The van der Waals surface area contributed by atoms with E-state index in [2.05, 4.69) is 64.3 Å². The van der Waals surface area contributed by atoms with Crippen LogP contribution in [0.25, 0.3) is 16.7 Å². The lowest BCUT2D eigenvalue weighted by Crippen LogP contribution is -2.15. The molecule has 0 radical (unpaired) electrons. The predicted octanol–water partition coefficient (Wildman–Crippen LogP) is 1.89. The van der Waals surface area contributed by atoms with Crippen LogP contribution in [0.15, 0.2) is 48.8 Å². The summed E-state index contributed by atoms with van der Waals surface area (Å²) in [4.78, 5) is 4.43. The van der Waals surface area contributed by atoms with Crippen molar-refractivity contribution in [3.8, 4) is 5.69 Å². The summed E-state index contributed by atoms with van der Waals surface area (Å²) in [6.45, 7) is 0. The minimum Gasteiger partial charge on any atom is -0.299 e. The monoisotopic (exact) mass is 332 g/mol. The van der Waals surface area contributed by atoms with Gasteiger partial charge < -0.3 is 0 Å². The second-order valence-corrected chi connectivity index (χ2v) is 5.15. The Morgan fingerprint density at radius 3 is 2.76 bits per heavy atom. The maximum absolute atomic E-state index is 4.43. The van der Waals surface area contributed by atoms with Gasteiger partial charge in [0, 0.05) is 9.26 Å². The third kappa shape index (κ3) is 1.76. The van der Waals surface area contributed by atoms with Gasteiger partial charge in [0.2, 0.25) is 0 Å². The summed E-state index contributed by atoms with van der Waals surface area (Å²) in [5.41, 5.74) is 4.67. The first-order valence-corrected chi connectivity index (χ1v) is 6.53. The predicted molar refractivity (Wildman–Crippen MR) is 82.0 cm³/mol. The zero-order valence-corrected chi connectivity index (χ0v) is 11.5. The lowest BCUT2D eigenvalue weighted by Gasteiger charge is -2.09. The van der Waals surface area contributed by atoms with E-state index in [0.29, 0.717) is 0 Å². The van der Waals surface area contributed by atoms with E-state index in [-0.39, 0.29) is 0 Å². The van der Waals surface area contributed by atoms with Gasteiger partial charge in [-0.3, -0.25) is 4.57 Å². The average molecular weight is 332 g/mol. The first-order chi connectivity index (χ1) is 8.27. The van der Waals surface area contributed by atoms with Crippen LogP contribution in [0.4, 0.5) is 0 Å². The molecule has 0 unspecified atom stereocenters. The number of benzene rings is 2. The van der Waals surface area contributed by atoms with Gasteiger partial charge in [-0.15, -0.1) is 0 Å². The van der Waals surface area contributed by atoms with Crippen molar-refractivity contribution in [3.05, 3.63) is 52.4 Å². The summed E-state index contributed by atoms with van der Waals surface area (Å²) < 4.78 is 3.42. The summed E-state index contributed by atoms with van der Waals surface area (Å²) in [6.07, 6.45) is 1.89. The van der Waals surface area contributed by atoms with Gasteiger partial charge in [0.25, 0.3) is 0 Å². The van der Waals surface area contributed by atoms with Crippen molar-refractivity contribution in [2.45, 2.75) is 0 Å². The lowest BCUT2D eigenvalue weighted by atomic mass is 9.94. The number of rotatable bonds is 1. The number of fused-ring (bicyclic) bond motifs is 1. The van der Waals surface area contributed by atoms with Gasteiger partial charge in [0.05, 0.1) is 11.0 Å². The van der Waals surface area contributed by atoms with Gasteiger partial charge in [-0.2, -0.15) is 0 Å². The van der Waals surface area contributed by atoms with Crippen LogP contribution in [0, 0.1) is 3.57 Å². The van der Waals surface area contributed by atoms with Crippen molar-refractivity contribution in [2.24, 2.45) is 0 Å². The van der Waals surface area contributed by atoms with E-state index in [4.69, 9.17) is 0 Å². The molecule has 0 N–H and O–H groups in total. The fraction of sp³-hybridized carbons (Fsp3) is 0. The molecule has 1 heterocycles. The van der Waals surface area contributed by atoms with E-state index >= 15 is 0 Å². The number of nitrogens with zero attached hydrogens (tertiary/aromatic N) is 2. The van der Waals surface area contributed by atoms with E-state index in [9.17, 15) is 0 Å². The largest absolute Gasteiger partial charge is 0.299 e. The highest BCUT2D eigenvalue weighted by atomic mass is 127. The van der Waals surface area contributed by atoms with Crippen molar-refractivity contribution in [3.63, 3.8) is 0 Å². The lowest BCUT2D eigenvalue weighted by molar-refractivity contribution is 1.10. The van der Waals surface area contributed by atoms with E-state index in [0.717, 1.165) is 11.0 Å². The molecule has 1 aromatic heterocycles. The number of aromatic nitrogens is 2. The molecule has 0 aliphatic rings. The van der Waals surface area contributed by atoms with Crippen molar-refractivity contribution < 1.29 is 0 Å². The maximum atomic E-state index is 4.43. The summed E-state index contributed by atoms with van der Waals surface area (Å²) in [5.74, 6) is 0. The molecule has 0 saturated carbocycles. The summed E-state index contributed by atoms with van der Waals surface area (Å²) in [7, 11) is 2.14. The normalized spacial score (nSPS) is 10.9. The van der Waals surface area contributed by atoms with Crippen molar-refractivity contribution in [1.82, 2.24) is 9.55 Å². The Morgan fingerprint density at radius 1 is 1.06 bits per heavy atom. The fourth-order valence-corrected chi connectivity index (χ4v) is 2.49. The number of imidazole rings is 1. The zero-order valence-electron chi connectivity index (χ0n) is 9.39. The molecule has 0 aliphatic carbocycles. The molecule has 0 saturated heterocycles. The Labute approximate surface area is 114 Å². The van der Waals surface area contributed by atoms with E-state index in [1.807, 2.05) is 24.5 Å². The van der Waals surface area contributed by atoms with E-state index in [1.165, 1.54) is 14.7 Å². The smallest absolute Gasteiger partial charge is 0.143 e. The standard InChI is InChI=1S/C13H10BIN2/c14-13-9(15)4-3-7-12(13)17-8-16-10-5-1-2-6-11(10)17/h1-8H,14H2. The third-order valence-electron chi connectivity index (χ3n) is 2.95. The Bertz CT molecular complexity index is 691. The third-order valence-corrected chi connectivity index (χ3v) is 4.12. The summed E-state index contributed by atoms with van der Waals surface area (Å²) >= 11 is 2.36. The molecule has 2 aromatic carbocycles. The van der Waals surface area contributed by atoms with Crippen molar-refractivity contribution in [2.75, 3.05) is 0 Å². The Morgan fingerprint density at radius 2 is 1.88 bits per heavy atom. The van der Waals surface area contributed by atoms with Gasteiger partial charge in [-0.05, 0) is 46.9 Å². The molecule has 4 heteroatoms. The summed E-state index contributed by atoms with van der Waals surface area (Å²) in [5, 5.41) is 0. The second-order valence-electron chi connectivity index (χ2n) is 3.99. The molecule has 0 bridgehead atoms. The van der Waals surface area contributed by atoms with Gasteiger partial charge in [0.15, 0.2) is 0 Å². The van der Waals surface area contributed by atoms with E-state index < -0.39 is 0 Å². The molecular weight excluding hydrogens is 322 g/mol. The maximum Gasteiger partial charge on any atom is 0.143 e. The first kappa shape index (κ1) is 10.8. The highest BCUT2D eigenvalue weighted by Crippen LogP contribution is 2.17. The van der Waals surface area contributed by atoms with Crippen LogP contribution in [-0.2, 0) is 0 Å². The SMILES string of the molecule is Bc1c(I)cccc1-n1cnc2ccccc21. The van der Waals surface area contributed by atoms with Crippen molar-refractivity contribution >= 4 is 46.9 Å².